The molecular weight excluding hydrogens is 596 g/mol. The molecule has 1 fully saturated rings. The molecule has 11 heteroatoms. The second kappa shape index (κ2) is 13.2. The van der Waals surface area contributed by atoms with Crippen LogP contribution in [-0.2, 0) is 27.4 Å². The van der Waals surface area contributed by atoms with Crippen molar-refractivity contribution in [2.75, 3.05) is 5.75 Å². The molecule has 1 saturated heterocycles. The third kappa shape index (κ3) is 6.62. The molecular formula is C34H30N2O8S. The highest BCUT2D eigenvalue weighted by molar-refractivity contribution is 7.99. The van der Waals surface area contributed by atoms with Gasteiger partial charge in [-0.1, -0.05) is 67.2 Å². The first-order valence-electron chi connectivity index (χ1n) is 14.4. The molecule has 6 rings (SSSR count). The van der Waals surface area contributed by atoms with Crippen molar-refractivity contribution in [1.29, 1.82) is 0 Å². The van der Waals surface area contributed by atoms with E-state index in [1.165, 1.54) is 36.2 Å². The number of aromatic nitrogens is 1. The Kier molecular flexibility index (Phi) is 8.95. The average Bonchev–Trinajstić information content (AvgIpc) is 3.36. The van der Waals surface area contributed by atoms with Crippen molar-refractivity contribution in [3.63, 3.8) is 0 Å². The maximum Gasteiger partial charge on any atom is 0.346 e. The van der Waals surface area contributed by atoms with E-state index in [1.54, 1.807) is 12.1 Å². The zero-order valence-electron chi connectivity index (χ0n) is 24.3. The summed E-state index contributed by atoms with van der Waals surface area (Å²) in [5, 5.41) is 25.1. The number of aliphatic hydroxyl groups is 1. The zero-order chi connectivity index (χ0) is 31.5. The van der Waals surface area contributed by atoms with Crippen molar-refractivity contribution in [1.82, 2.24) is 5.32 Å². The standard InChI is InChI=1S/C34H30N2O8S/c1-20-28(19-45-29-4-2-3-15-36(29)41)42-34(43-30(20)23-9-7-22(18-37)8-10-23)24-11-5-21(6-12-24)17-35-31(38)25-13-14-26-27(16-25)33(40)44-32(26)39/h2-16,20,28,30,34,37H,17-19H2,1H3,(H,35,38). The fraction of sp³-hybridized carbons (Fsp3) is 0.235. The van der Waals surface area contributed by atoms with Crippen molar-refractivity contribution in [3.05, 3.63) is 135 Å². The number of esters is 2. The lowest BCUT2D eigenvalue weighted by atomic mass is 9.91. The Morgan fingerprint density at radius 3 is 2.36 bits per heavy atom. The number of carbonyl (C=O) groups is 3. The zero-order valence-corrected chi connectivity index (χ0v) is 25.1. The van der Waals surface area contributed by atoms with Gasteiger partial charge in [-0.05, 0) is 41.0 Å². The molecule has 4 atom stereocenters. The summed E-state index contributed by atoms with van der Waals surface area (Å²) >= 11 is 1.43. The van der Waals surface area contributed by atoms with Crippen molar-refractivity contribution < 1.29 is 38.4 Å². The van der Waals surface area contributed by atoms with Crippen LogP contribution in [0.2, 0.25) is 0 Å². The van der Waals surface area contributed by atoms with Gasteiger partial charge in [0.05, 0.1) is 29.9 Å². The van der Waals surface area contributed by atoms with Crippen LogP contribution < -0.4 is 10.0 Å². The highest BCUT2D eigenvalue weighted by Crippen LogP contribution is 2.42. The van der Waals surface area contributed by atoms with E-state index in [0.717, 1.165) is 27.0 Å². The first-order chi connectivity index (χ1) is 21.8. The molecule has 4 aromatic rings. The molecule has 3 heterocycles. The number of amides is 1. The summed E-state index contributed by atoms with van der Waals surface area (Å²) in [5.74, 6) is -1.37. The van der Waals surface area contributed by atoms with Crippen molar-refractivity contribution in [2.24, 2.45) is 5.92 Å². The van der Waals surface area contributed by atoms with Crippen LogP contribution in [0.5, 0.6) is 0 Å². The third-order valence-corrected chi connectivity index (χ3v) is 9.03. The molecule has 2 aliphatic rings. The lowest BCUT2D eigenvalue weighted by Crippen LogP contribution is -2.39. The quantitative estimate of drug-likeness (QED) is 0.0895. The smallest absolute Gasteiger partial charge is 0.346 e. The number of nitrogens with one attached hydrogen (secondary N) is 1. The Morgan fingerprint density at radius 1 is 0.911 bits per heavy atom. The highest BCUT2D eigenvalue weighted by atomic mass is 32.2. The van der Waals surface area contributed by atoms with Crippen LogP contribution >= 0.6 is 11.8 Å². The van der Waals surface area contributed by atoms with E-state index in [9.17, 15) is 24.7 Å². The molecule has 3 aromatic carbocycles. The van der Waals surface area contributed by atoms with Gasteiger partial charge in [-0.3, -0.25) is 4.79 Å². The summed E-state index contributed by atoms with van der Waals surface area (Å²) < 4.78 is 18.4. The van der Waals surface area contributed by atoms with Crippen LogP contribution in [0.3, 0.4) is 0 Å². The number of ether oxygens (including phenoxy) is 3. The maximum atomic E-state index is 12.8. The van der Waals surface area contributed by atoms with Gasteiger partial charge in [0.2, 0.25) is 0 Å². The van der Waals surface area contributed by atoms with Gasteiger partial charge < -0.3 is 29.8 Å². The summed E-state index contributed by atoms with van der Waals surface area (Å²) in [7, 11) is 0. The monoisotopic (exact) mass is 626 g/mol. The van der Waals surface area contributed by atoms with E-state index >= 15 is 0 Å². The Hall–Kier alpha value is -4.55. The average molecular weight is 627 g/mol. The molecule has 230 valence electrons. The summed E-state index contributed by atoms with van der Waals surface area (Å²) in [4.78, 5) is 36.3. The molecule has 0 aliphatic carbocycles. The summed E-state index contributed by atoms with van der Waals surface area (Å²) in [5.41, 5.74) is 3.87. The van der Waals surface area contributed by atoms with Gasteiger partial charge in [-0.15, -0.1) is 0 Å². The summed E-state index contributed by atoms with van der Waals surface area (Å²) in [6.45, 7) is 2.25. The Bertz CT molecular complexity index is 1730. The topological polar surface area (TPSA) is 138 Å². The highest BCUT2D eigenvalue weighted by Gasteiger charge is 2.38. The van der Waals surface area contributed by atoms with Crippen LogP contribution in [0.4, 0.5) is 0 Å². The third-order valence-electron chi connectivity index (χ3n) is 7.92. The molecule has 2 aliphatic heterocycles. The lowest BCUT2D eigenvalue weighted by molar-refractivity contribution is -0.645. The van der Waals surface area contributed by atoms with Gasteiger partial charge in [0.25, 0.3) is 10.9 Å². The molecule has 45 heavy (non-hydrogen) atoms. The predicted octanol–water partition coefficient (Wildman–Crippen LogP) is 4.64. The van der Waals surface area contributed by atoms with Gasteiger partial charge in [0, 0.05) is 41.5 Å². The number of carbonyl (C=O) groups excluding carboxylic acids is 3. The van der Waals surface area contributed by atoms with Crippen molar-refractivity contribution in [2.45, 2.75) is 43.6 Å². The Labute approximate surface area is 263 Å². The first-order valence-corrected chi connectivity index (χ1v) is 15.4. The van der Waals surface area contributed by atoms with Gasteiger partial charge >= 0.3 is 11.9 Å². The van der Waals surface area contributed by atoms with E-state index in [-0.39, 0.29) is 48.0 Å². The van der Waals surface area contributed by atoms with E-state index in [4.69, 9.17) is 9.47 Å². The van der Waals surface area contributed by atoms with E-state index in [1.807, 2.05) is 54.6 Å². The minimum atomic E-state index is -0.763. The van der Waals surface area contributed by atoms with Crippen LogP contribution in [-0.4, -0.2) is 34.8 Å². The Morgan fingerprint density at radius 2 is 1.62 bits per heavy atom. The molecule has 1 aromatic heterocycles. The number of aliphatic hydroxyl groups excluding tert-OH is 1. The van der Waals surface area contributed by atoms with Crippen LogP contribution in [0.1, 0.15) is 72.6 Å². The number of hydrogen-bond donors (Lipinski definition) is 2. The van der Waals surface area contributed by atoms with E-state index in [0.29, 0.717) is 10.8 Å². The number of pyridine rings is 1. The number of benzene rings is 3. The number of cyclic esters (lactones) is 2. The lowest BCUT2D eigenvalue weighted by Gasteiger charge is -2.41. The first kappa shape index (κ1) is 30.5. The summed E-state index contributed by atoms with van der Waals surface area (Å²) in [6.07, 6.45) is 0.256. The normalized spacial score (nSPS) is 20.8. The van der Waals surface area contributed by atoms with E-state index < -0.39 is 24.1 Å². The minimum absolute atomic E-state index is 0.0359. The van der Waals surface area contributed by atoms with Gasteiger partial charge in [0.15, 0.2) is 12.5 Å². The fourth-order valence-corrected chi connectivity index (χ4v) is 6.39. The minimum Gasteiger partial charge on any atom is -0.618 e. The molecule has 0 bridgehead atoms. The number of rotatable bonds is 9. The van der Waals surface area contributed by atoms with Crippen LogP contribution in [0.15, 0.2) is 96.2 Å². The van der Waals surface area contributed by atoms with Crippen molar-refractivity contribution in [3.8, 4) is 0 Å². The maximum absolute atomic E-state index is 12.8. The Balaban J connectivity index is 1.15. The molecule has 10 nitrogen and oxygen atoms in total. The van der Waals surface area contributed by atoms with Gasteiger partial charge in [0.1, 0.15) is 0 Å². The molecule has 4 unspecified atom stereocenters. The SMILES string of the molecule is CC1C(CSc2cccc[n+]2[O-])OC(c2ccc(CNC(=O)c3ccc4c(c3)C(=O)OC4=O)cc2)OC1c1ccc(CO)cc1. The number of hydrogen-bond acceptors (Lipinski definition) is 9. The number of thioether (sulfide) groups is 1. The number of nitrogens with zero attached hydrogens (tertiary/aromatic N) is 1. The van der Waals surface area contributed by atoms with E-state index in [2.05, 4.69) is 17.0 Å². The van der Waals surface area contributed by atoms with Crippen LogP contribution in [0.25, 0.3) is 0 Å². The molecule has 2 N–H and O–H groups in total. The van der Waals surface area contributed by atoms with Crippen LogP contribution in [0, 0.1) is 11.1 Å². The molecule has 0 spiro atoms. The fourth-order valence-electron chi connectivity index (χ4n) is 5.31. The van der Waals surface area contributed by atoms with Crippen molar-refractivity contribution >= 4 is 29.6 Å². The molecule has 1 amide bonds. The second-order valence-electron chi connectivity index (χ2n) is 10.9. The predicted molar refractivity (Wildman–Crippen MR) is 163 cm³/mol. The summed E-state index contributed by atoms with van der Waals surface area (Å²) in [6, 6.07) is 24.7. The largest absolute Gasteiger partial charge is 0.618 e. The van der Waals surface area contributed by atoms with Gasteiger partial charge in [-0.2, -0.15) is 4.73 Å². The molecule has 0 saturated carbocycles. The second-order valence-corrected chi connectivity index (χ2v) is 11.9. The molecule has 0 radical (unpaired) electrons. The van der Waals surface area contributed by atoms with Gasteiger partial charge in [-0.25, -0.2) is 9.59 Å². The number of fused-ring (bicyclic) bond motifs is 1.